The summed E-state index contributed by atoms with van der Waals surface area (Å²) >= 11 is 0. The maximum Gasteiger partial charge on any atom is 0.228 e. The number of ether oxygens (including phenoxy) is 2. The summed E-state index contributed by atoms with van der Waals surface area (Å²) in [6, 6.07) is 25.3. The molecule has 0 unspecified atom stereocenters. The van der Waals surface area contributed by atoms with Gasteiger partial charge in [-0.05, 0) is 53.9 Å². The minimum Gasteiger partial charge on any atom is -0.497 e. The lowest BCUT2D eigenvalue weighted by molar-refractivity contribution is -0.140. The molecule has 2 heterocycles. The third-order valence-electron chi connectivity index (χ3n) is 7.66. The van der Waals surface area contributed by atoms with E-state index in [1.54, 1.807) is 19.1 Å². The third-order valence-corrected chi connectivity index (χ3v) is 7.66. The predicted molar refractivity (Wildman–Crippen MR) is 147 cm³/mol. The van der Waals surface area contributed by atoms with E-state index in [0.29, 0.717) is 25.9 Å². The van der Waals surface area contributed by atoms with Crippen LogP contribution in [-0.2, 0) is 16.1 Å². The van der Waals surface area contributed by atoms with Crippen LogP contribution in [0.2, 0.25) is 0 Å². The van der Waals surface area contributed by atoms with Crippen LogP contribution in [-0.4, -0.2) is 62.0 Å². The Balaban J connectivity index is 1.38. The van der Waals surface area contributed by atoms with Crippen LogP contribution in [0.1, 0.15) is 30.0 Å². The third kappa shape index (κ3) is 5.53. The summed E-state index contributed by atoms with van der Waals surface area (Å²) < 4.78 is 10.7. The molecule has 7 nitrogen and oxygen atoms in total. The zero-order chi connectivity index (χ0) is 26.5. The van der Waals surface area contributed by atoms with Crippen molar-refractivity contribution in [2.75, 3.05) is 45.3 Å². The summed E-state index contributed by atoms with van der Waals surface area (Å²) in [5.41, 5.74) is 2.98. The molecule has 38 heavy (non-hydrogen) atoms. The lowest BCUT2D eigenvalue weighted by Gasteiger charge is -2.44. The highest BCUT2D eigenvalue weighted by atomic mass is 16.5. The molecule has 0 spiro atoms. The van der Waals surface area contributed by atoms with Crippen molar-refractivity contribution in [3.8, 4) is 11.5 Å². The van der Waals surface area contributed by atoms with Gasteiger partial charge in [-0.1, -0.05) is 42.5 Å². The van der Waals surface area contributed by atoms with Crippen LogP contribution in [0.4, 0.5) is 5.69 Å². The van der Waals surface area contributed by atoms with Crippen LogP contribution in [0.5, 0.6) is 11.5 Å². The van der Waals surface area contributed by atoms with Crippen LogP contribution >= 0.6 is 0 Å². The van der Waals surface area contributed by atoms with Gasteiger partial charge in [-0.2, -0.15) is 0 Å². The molecule has 3 aromatic carbocycles. The average Bonchev–Trinajstić information content (AvgIpc) is 2.98. The number of hydrogen-bond acceptors (Lipinski definition) is 5. The minimum atomic E-state index is -0.398. The topological polar surface area (TPSA) is 62.3 Å². The lowest BCUT2D eigenvalue weighted by Crippen LogP contribution is -2.54. The summed E-state index contributed by atoms with van der Waals surface area (Å²) in [6.07, 6.45) is 0.869. The van der Waals surface area contributed by atoms with Gasteiger partial charge in [0.2, 0.25) is 11.8 Å². The van der Waals surface area contributed by atoms with Gasteiger partial charge in [0.05, 0.1) is 26.2 Å². The maximum atomic E-state index is 14.0. The number of carbonyl (C=O) groups excluding carboxylic acids is 2. The van der Waals surface area contributed by atoms with Gasteiger partial charge in [0.25, 0.3) is 0 Å². The Morgan fingerprint density at radius 1 is 0.816 bits per heavy atom. The Morgan fingerprint density at radius 2 is 1.42 bits per heavy atom. The number of anilines is 1. The van der Waals surface area contributed by atoms with E-state index in [9.17, 15) is 9.59 Å². The first-order chi connectivity index (χ1) is 18.6. The molecule has 5 rings (SSSR count). The molecule has 0 bridgehead atoms. The van der Waals surface area contributed by atoms with Crippen LogP contribution in [0.15, 0.2) is 78.9 Å². The molecule has 0 radical (unpaired) electrons. The van der Waals surface area contributed by atoms with Crippen molar-refractivity contribution in [3.05, 3.63) is 90.0 Å². The molecule has 0 N–H and O–H groups in total. The Morgan fingerprint density at radius 3 is 2.03 bits per heavy atom. The smallest absolute Gasteiger partial charge is 0.228 e. The van der Waals surface area contributed by atoms with Gasteiger partial charge in [0.1, 0.15) is 11.5 Å². The molecule has 0 saturated carbocycles. The first-order valence-electron chi connectivity index (χ1n) is 13.2. The lowest BCUT2D eigenvalue weighted by atomic mass is 9.82. The van der Waals surface area contributed by atoms with Crippen LogP contribution in [0, 0.1) is 5.92 Å². The molecule has 0 aliphatic carbocycles. The fraction of sp³-hybridized carbons (Fsp3) is 0.355. The van der Waals surface area contributed by atoms with Crippen molar-refractivity contribution < 1.29 is 19.1 Å². The second-order valence-electron chi connectivity index (χ2n) is 9.91. The zero-order valence-electron chi connectivity index (χ0n) is 22.1. The molecule has 2 amide bonds. The van der Waals surface area contributed by atoms with Crippen molar-refractivity contribution in [2.45, 2.75) is 25.4 Å². The highest BCUT2D eigenvalue weighted by Gasteiger charge is 2.43. The van der Waals surface area contributed by atoms with E-state index >= 15 is 0 Å². The molecule has 2 atom stereocenters. The first kappa shape index (κ1) is 25.8. The number of nitrogens with zero attached hydrogens (tertiary/aromatic N) is 3. The van der Waals surface area contributed by atoms with Crippen molar-refractivity contribution in [2.24, 2.45) is 5.92 Å². The minimum absolute atomic E-state index is 0.0210. The maximum absolute atomic E-state index is 14.0. The highest BCUT2D eigenvalue weighted by molar-refractivity contribution is 5.97. The Labute approximate surface area is 224 Å². The predicted octanol–water partition coefficient (Wildman–Crippen LogP) is 4.53. The van der Waals surface area contributed by atoms with Crippen LogP contribution in [0.3, 0.4) is 0 Å². The number of amides is 2. The molecule has 2 aliphatic rings. The summed E-state index contributed by atoms with van der Waals surface area (Å²) in [5, 5.41) is 0. The van der Waals surface area contributed by atoms with Gasteiger partial charge in [0, 0.05) is 44.8 Å². The number of methoxy groups -OCH3 is 2. The Kier molecular flexibility index (Phi) is 7.94. The molecule has 198 valence electrons. The number of hydrogen-bond donors (Lipinski definition) is 0. The summed E-state index contributed by atoms with van der Waals surface area (Å²) in [5.74, 6) is 1.28. The number of carbonyl (C=O) groups is 2. The van der Waals surface area contributed by atoms with E-state index in [0.717, 1.165) is 42.4 Å². The van der Waals surface area contributed by atoms with Crippen molar-refractivity contribution in [1.82, 2.24) is 9.80 Å². The van der Waals surface area contributed by atoms with E-state index in [2.05, 4.69) is 29.2 Å². The molecule has 2 saturated heterocycles. The second kappa shape index (κ2) is 11.7. The summed E-state index contributed by atoms with van der Waals surface area (Å²) in [6.45, 7) is 3.94. The van der Waals surface area contributed by atoms with Crippen molar-refractivity contribution in [3.63, 3.8) is 0 Å². The van der Waals surface area contributed by atoms with Gasteiger partial charge in [-0.25, -0.2) is 0 Å². The van der Waals surface area contributed by atoms with Crippen molar-refractivity contribution in [1.29, 1.82) is 0 Å². The first-order valence-corrected chi connectivity index (χ1v) is 13.2. The molecule has 3 aromatic rings. The highest BCUT2D eigenvalue weighted by Crippen LogP contribution is 2.41. The number of piperazine rings is 1. The molecule has 2 fully saturated rings. The van der Waals surface area contributed by atoms with Gasteiger partial charge < -0.3 is 19.3 Å². The molecule has 0 aromatic heterocycles. The normalized spacial score (nSPS) is 20.3. The number of piperidine rings is 1. The van der Waals surface area contributed by atoms with E-state index in [4.69, 9.17) is 9.47 Å². The molecule has 2 aliphatic heterocycles. The fourth-order valence-electron chi connectivity index (χ4n) is 5.58. The Bertz CT molecular complexity index is 1220. The van der Waals surface area contributed by atoms with Crippen LogP contribution < -0.4 is 14.4 Å². The molecular weight excluding hydrogens is 478 g/mol. The van der Waals surface area contributed by atoms with E-state index in [1.807, 2.05) is 59.5 Å². The fourth-order valence-corrected chi connectivity index (χ4v) is 5.58. The van der Waals surface area contributed by atoms with Crippen molar-refractivity contribution >= 4 is 17.5 Å². The SMILES string of the molecule is COc1ccc([C@@H]2[C@@H](C(=O)N3CCN(Cc4ccccc4)CC3)CCC(=O)N2c2ccc(OC)cc2)cc1. The molecular formula is C31H35N3O4. The summed E-state index contributed by atoms with van der Waals surface area (Å²) in [7, 11) is 3.25. The van der Waals surface area contributed by atoms with E-state index in [1.165, 1.54) is 5.56 Å². The second-order valence-corrected chi connectivity index (χ2v) is 9.91. The van der Waals surface area contributed by atoms with Gasteiger partial charge >= 0.3 is 0 Å². The average molecular weight is 514 g/mol. The Hall–Kier alpha value is -3.84. The zero-order valence-corrected chi connectivity index (χ0v) is 22.1. The van der Waals surface area contributed by atoms with Gasteiger partial charge in [-0.15, -0.1) is 0 Å². The molecule has 7 heteroatoms. The standard InChI is InChI=1S/C31H35N3O4/c1-37-26-12-8-24(9-13-26)30-28(16-17-29(35)34(30)25-10-14-27(38-2)15-11-25)31(36)33-20-18-32(19-21-33)22-23-6-4-3-5-7-23/h3-15,28,30H,16-22H2,1-2H3/t28-,30+/m0/s1. The monoisotopic (exact) mass is 513 g/mol. The summed E-state index contributed by atoms with van der Waals surface area (Å²) in [4.78, 5) is 33.6. The van der Waals surface area contributed by atoms with E-state index < -0.39 is 6.04 Å². The number of benzene rings is 3. The van der Waals surface area contributed by atoms with Crippen LogP contribution in [0.25, 0.3) is 0 Å². The largest absolute Gasteiger partial charge is 0.497 e. The number of rotatable bonds is 7. The van der Waals surface area contributed by atoms with Gasteiger partial charge in [-0.3, -0.25) is 14.5 Å². The van der Waals surface area contributed by atoms with Gasteiger partial charge in [0.15, 0.2) is 0 Å². The van der Waals surface area contributed by atoms with E-state index in [-0.39, 0.29) is 17.7 Å². The quantitative estimate of drug-likeness (QED) is 0.465.